The summed E-state index contributed by atoms with van der Waals surface area (Å²) >= 11 is 0. The van der Waals surface area contributed by atoms with E-state index >= 15 is 0 Å². The molecule has 6 N–H and O–H groups in total. The molecule has 1 amide bonds. The standard InChI is InChI=1S/C19H16N4O7/c20-18(29)14-11(25)5-7-3-6-4-8-9(22-23-21)1-2-10(24)13(8)15(26)12(6)16(27)19(7,30)17(14)28/h1-2,6-7,24,26,28,30H,3-5H2,(H2,20,29)/t6-,7+,19+/m1/s1. The molecule has 3 atom stereocenters. The van der Waals surface area contributed by atoms with Gasteiger partial charge in [-0.3, -0.25) is 14.4 Å². The fourth-order valence-electron chi connectivity index (χ4n) is 4.75. The molecule has 1 aromatic rings. The maximum Gasteiger partial charge on any atom is 0.255 e. The van der Waals surface area contributed by atoms with Crippen molar-refractivity contribution in [3.8, 4) is 5.75 Å². The van der Waals surface area contributed by atoms with Crippen LogP contribution < -0.4 is 5.73 Å². The largest absolute Gasteiger partial charge is 0.508 e. The number of aliphatic hydroxyl groups is 3. The molecule has 1 saturated carbocycles. The lowest BCUT2D eigenvalue weighted by Gasteiger charge is -2.46. The van der Waals surface area contributed by atoms with Gasteiger partial charge in [-0.25, -0.2) is 0 Å². The molecule has 0 bridgehead atoms. The molecular formula is C19H16N4O7. The number of aromatic hydroxyl groups is 1. The molecule has 11 heteroatoms. The summed E-state index contributed by atoms with van der Waals surface area (Å²) in [7, 11) is 0. The van der Waals surface area contributed by atoms with Crippen LogP contribution in [0, 0.1) is 11.8 Å². The normalized spacial score (nSPS) is 27.8. The zero-order valence-corrected chi connectivity index (χ0v) is 15.4. The number of amides is 1. The monoisotopic (exact) mass is 412 g/mol. The first-order chi connectivity index (χ1) is 14.1. The lowest BCUT2D eigenvalue weighted by Crippen LogP contribution is -2.58. The summed E-state index contributed by atoms with van der Waals surface area (Å²) in [6.45, 7) is 0. The maximum absolute atomic E-state index is 13.3. The lowest BCUT2D eigenvalue weighted by molar-refractivity contribution is -0.147. The highest BCUT2D eigenvalue weighted by atomic mass is 16.3. The van der Waals surface area contributed by atoms with Crippen LogP contribution in [0.4, 0.5) is 5.69 Å². The second kappa shape index (κ2) is 6.34. The van der Waals surface area contributed by atoms with E-state index in [1.54, 1.807) is 0 Å². The van der Waals surface area contributed by atoms with Crippen LogP contribution in [0.15, 0.2) is 34.2 Å². The number of hydrogen-bond donors (Lipinski definition) is 5. The quantitative estimate of drug-likeness (QED) is 0.208. The summed E-state index contributed by atoms with van der Waals surface area (Å²) in [5.41, 5.74) is 10.6. The molecule has 0 radical (unpaired) electrons. The molecule has 0 unspecified atom stereocenters. The molecule has 3 aliphatic rings. The molecule has 11 nitrogen and oxygen atoms in total. The van der Waals surface area contributed by atoms with Gasteiger partial charge in [0.1, 0.15) is 22.8 Å². The number of aliphatic hydroxyl groups excluding tert-OH is 2. The summed E-state index contributed by atoms with van der Waals surface area (Å²) < 4.78 is 0. The van der Waals surface area contributed by atoms with Crippen molar-refractivity contribution in [1.29, 1.82) is 0 Å². The minimum atomic E-state index is -2.60. The van der Waals surface area contributed by atoms with E-state index in [9.17, 15) is 34.8 Å². The summed E-state index contributed by atoms with van der Waals surface area (Å²) in [5, 5.41) is 46.1. The van der Waals surface area contributed by atoms with Crippen molar-refractivity contribution in [2.75, 3.05) is 0 Å². The van der Waals surface area contributed by atoms with E-state index in [2.05, 4.69) is 10.0 Å². The lowest BCUT2D eigenvalue weighted by atomic mass is 9.59. The highest BCUT2D eigenvalue weighted by Gasteiger charge is 2.60. The third kappa shape index (κ3) is 2.36. The van der Waals surface area contributed by atoms with E-state index in [0.717, 1.165) is 0 Å². The highest BCUT2D eigenvalue weighted by Crippen LogP contribution is 2.52. The minimum absolute atomic E-state index is 0.00821. The third-order valence-electron chi connectivity index (χ3n) is 6.07. The molecule has 4 rings (SSSR count). The van der Waals surface area contributed by atoms with Gasteiger partial charge >= 0.3 is 0 Å². The van der Waals surface area contributed by atoms with E-state index < -0.39 is 58.4 Å². The van der Waals surface area contributed by atoms with Gasteiger partial charge in [0.2, 0.25) is 5.78 Å². The second-order valence-corrected chi connectivity index (χ2v) is 7.55. The topological polar surface area (TPSA) is 207 Å². The zero-order chi connectivity index (χ0) is 22.0. The van der Waals surface area contributed by atoms with Crippen LogP contribution in [-0.2, 0) is 20.8 Å². The molecular weight excluding hydrogens is 396 g/mol. The number of phenols is 1. The highest BCUT2D eigenvalue weighted by molar-refractivity contribution is 6.22. The summed E-state index contributed by atoms with van der Waals surface area (Å²) in [6, 6.07) is 2.55. The van der Waals surface area contributed by atoms with Crippen molar-refractivity contribution in [2.45, 2.75) is 24.9 Å². The molecule has 0 saturated heterocycles. The number of carbonyl (C=O) groups excluding carboxylic acids is 3. The molecule has 0 aliphatic heterocycles. The number of hydrogen-bond acceptors (Lipinski definition) is 8. The predicted molar refractivity (Wildman–Crippen MR) is 100 cm³/mol. The van der Waals surface area contributed by atoms with Crippen molar-refractivity contribution in [1.82, 2.24) is 0 Å². The Bertz CT molecular complexity index is 1160. The van der Waals surface area contributed by atoms with E-state index in [1.165, 1.54) is 12.1 Å². The van der Waals surface area contributed by atoms with Gasteiger partial charge < -0.3 is 26.2 Å². The van der Waals surface area contributed by atoms with Crippen LogP contribution in [-0.4, -0.2) is 43.5 Å². The Hall–Kier alpha value is -3.82. The summed E-state index contributed by atoms with van der Waals surface area (Å²) in [4.78, 5) is 39.8. The van der Waals surface area contributed by atoms with Gasteiger partial charge in [0.25, 0.3) is 5.91 Å². The van der Waals surface area contributed by atoms with Crippen LogP contribution in [0.5, 0.6) is 5.75 Å². The van der Waals surface area contributed by atoms with E-state index in [1.807, 2.05) is 0 Å². The molecule has 1 fully saturated rings. The number of rotatable bonds is 2. The van der Waals surface area contributed by atoms with Crippen LogP contribution in [0.3, 0.4) is 0 Å². The van der Waals surface area contributed by atoms with Gasteiger partial charge in [-0.1, -0.05) is 5.11 Å². The van der Waals surface area contributed by atoms with E-state index in [4.69, 9.17) is 11.3 Å². The van der Waals surface area contributed by atoms with Gasteiger partial charge in [0.15, 0.2) is 11.4 Å². The van der Waals surface area contributed by atoms with Crippen LogP contribution in [0.25, 0.3) is 16.2 Å². The Morgan fingerprint density at radius 3 is 2.57 bits per heavy atom. The van der Waals surface area contributed by atoms with Crippen molar-refractivity contribution in [3.63, 3.8) is 0 Å². The van der Waals surface area contributed by atoms with Crippen LogP contribution >= 0.6 is 0 Å². The Morgan fingerprint density at radius 1 is 1.23 bits per heavy atom. The molecule has 154 valence electrons. The fourth-order valence-corrected chi connectivity index (χ4v) is 4.75. The fraction of sp³-hybridized carbons (Fsp3) is 0.316. The molecule has 30 heavy (non-hydrogen) atoms. The Balaban J connectivity index is 1.96. The van der Waals surface area contributed by atoms with Gasteiger partial charge in [-0.15, -0.1) is 0 Å². The van der Waals surface area contributed by atoms with Crippen molar-refractivity contribution >= 4 is 28.9 Å². The number of nitrogens with two attached hydrogens (primary N) is 1. The number of azide groups is 1. The van der Waals surface area contributed by atoms with Gasteiger partial charge in [-0.05, 0) is 42.0 Å². The molecule has 0 heterocycles. The number of Topliss-reactive ketones (excluding diaryl/α,β-unsaturated/α-hetero) is 2. The second-order valence-electron chi connectivity index (χ2n) is 7.55. The predicted octanol–water partition coefficient (Wildman–Crippen LogP) is 1.37. The number of phenolic OH excluding ortho intramolecular Hbond substituents is 1. The minimum Gasteiger partial charge on any atom is -0.508 e. The van der Waals surface area contributed by atoms with Gasteiger partial charge in [-0.2, -0.15) is 0 Å². The molecule has 0 aromatic heterocycles. The first kappa shape index (κ1) is 19.5. The van der Waals surface area contributed by atoms with Crippen LogP contribution in [0.2, 0.25) is 0 Å². The zero-order valence-electron chi connectivity index (χ0n) is 15.4. The SMILES string of the molecule is [N-]=[N+]=Nc1ccc(O)c2c1C[C@H]1C[C@H]3CC(=O)C(C(N)=O)=C(O)[C@@]3(O)C(=O)C1=C2O. The average Bonchev–Trinajstić information content (AvgIpc) is 2.66. The average molecular weight is 412 g/mol. The summed E-state index contributed by atoms with van der Waals surface area (Å²) in [6.07, 6.45) is -0.309. The van der Waals surface area contributed by atoms with Crippen LogP contribution in [0.1, 0.15) is 24.0 Å². The number of nitrogens with zero attached hydrogens (tertiary/aromatic N) is 3. The van der Waals surface area contributed by atoms with Crippen molar-refractivity contribution < 1.29 is 34.8 Å². The van der Waals surface area contributed by atoms with Gasteiger partial charge in [0.05, 0.1) is 5.56 Å². The molecule has 1 aromatic carbocycles. The number of benzene rings is 1. The Labute approximate surface area is 168 Å². The molecule has 3 aliphatic carbocycles. The smallest absolute Gasteiger partial charge is 0.255 e. The number of ketones is 2. The molecule has 0 spiro atoms. The summed E-state index contributed by atoms with van der Waals surface area (Å²) in [5.74, 6) is -7.00. The van der Waals surface area contributed by atoms with Crippen molar-refractivity contribution in [2.24, 2.45) is 22.7 Å². The maximum atomic E-state index is 13.3. The number of carbonyl (C=O) groups is 3. The van der Waals surface area contributed by atoms with Crippen molar-refractivity contribution in [3.05, 3.63) is 50.6 Å². The first-order valence-corrected chi connectivity index (χ1v) is 9.00. The van der Waals surface area contributed by atoms with E-state index in [-0.39, 0.29) is 35.4 Å². The number of fused-ring (bicyclic) bond motifs is 3. The first-order valence-electron chi connectivity index (χ1n) is 9.00. The Kier molecular flexibility index (Phi) is 4.12. The van der Waals surface area contributed by atoms with Gasteiger partial charge in [0, 0.05) is 28.5 Å². The third-order valence-corrected chi connectivity index (χ3v) is 6.07. The number of primary amides is 1. The Morgan fingerprint density at radius 2 is 1.93 bits per heavy atom. The van der Waals surface area contributed by atoms with E-state index in [0.29, 0.717) is 5.56 Å².